The molecular formula is C24H30O5. The predicted molar refractivity (Wildman–Crippen MR) is 116 cm³/mol. The number of carbonyl (C=O) groups is 1. The van der Waals surface area contributed by atoms with Gasteiger partial charge in [-0.3, -0.25) is 4.79 Å². The van der Waals surface area contributed by atoms with Crippen molar-refractivity contribution in [3.63, 3.8) is 0 Å². The first kappa shape index (κ1) is 15.0. The summed E-state index contributed by atoms with van der Waals surface area (Å²) < 4.78 is 64.1. The summed E-state index contributed by atoms with van der Waals surface area (Å²) >= 11 is 0. The highest BCUT2D eigenvalue weighted by Gasteiger charge is 2.03. The Kier molecular flexibility index (Phi) is 6.45. The van der Waals surface area contributed by atoms with Crippen molar-refractivity contribution in [2.45, 2.75) is 32.6 Å². The summed E-state index contributed by atoms with van der Waals surface area (Å²) in [4.78, 5) is 11.4. The molecular weight excluding hydrogens is 368 g/mol. The van der Waals surface area contributed by atoms with Gasteiger partial charge in [0.2, 0.25) is 0 Å². The fraction of sp³-hybridized carbons (Fsp3) is 0.375. The van der Waals surface area contributed by atoms with Gasteiger partial charge in [0, 0.05) is 12.5 Å². The van der Waals surface area contributed by atoms with Gasteiger partial charge in [-0.2, -0.15) is 0 Å². The van der Waals surface area contributed by atoms with Gasteiger partial charge in [-0.25, -0.2) is 0 Å². The van der Waals surface area contributed by atoms with Gasteiger partial charge in [0.05, 0.1) is 35.5 Å². The molecule has 0 spiro atoms. The van der Waals surface area contributed by atoms with Crippen LogP contribution in [0.25, 0.3) is 12.2 Å². The summed E-state index contributed by atoms with van der Waals surface area (Å²) in [6.07, 6.45) is 6.13. The van der Waals surface area contributed by atoms with Gasteiger partial charge < -0.3 is 18.9 Å². The summed E-state index contributed by atoms with van der Waals surface area (Å²) in [5.74, 6) is 0.621. The monoisotopic (exact) mass is 404 g/mol. The number of hydrogen-bond donors (Lipinski definition) is 0. The first-order valence-electron chi connectivity index (χ1n) is 12.5. The second-order valence-electron chi connectivity index (χ2n) is 6.31. The van der Waals surface area contributed by atoms with Gasteiger partial charge in [-0.15, -0.1) is 0 Å². The van der Waals surface area contributed by atoms with Crippen LogP contribution in [-0.2, 0) is 9.53 Å². The van der Waals surface area contributed by atoms with Gasteiger partial charge in [0.1, 0.15) is 17.2 Å². The van der Waals surface area contributed by atoms with E-state index in [-0.39, 0.29) is 17.5 Å². The van der Waals surface area contributed by atoms with Crippen LogP contribution >= 0.6 is 0 Å². The maximum Gasteiger partial charge on any atom is 0.305 e. The molecule has 0 heterocycles. The number of benzene rings is 2. The largest absolute Gasteiger partial charge is 0.497 e. The molecule has 0 unspecified atom stereocenters. The highest BCUT2D eigenvalue weighted by Crippen LogP contribution is 2.25. The molecule has 0 aliphatic carbocycles. The Hall–Kier alpha value is -2.95. The summed E-state index contributed by atoms with van der Waals surface area (Å²) in [6, 6.07) is 11.4. The third-order valence-electron chi connectivity index (χ3n) is 4.09. The molecule has 0 fully saturated rings. The Balaban J connectivity index is 2.02. The molecule has 0 amide bonds. The Labute approximate surface area is 181 Å². The fourth-order valence-corrected chi connectivity index (χ4v) is 2.64. The van der Waals surface area contributed by atoms with Crippen LogP contribution in [0.2, 0.25) is 0 Å². The van der Waals surface area contributed by atoms with Crippen molar-refractivity contribution in [3.8, 4) is 17.2 Å². The molecule has 5 nitrogen and oxygen atoms in total. The van der Waals surface area contributed by atoms with Crippen molar-refractivity contribution < 1.29 is 32.0 Å². The molecule has 29 heavy (non-hydrogen) atoms. The molecule has 2 aromatic carbocycles. The summed E-state index contributed by atoms with van der Waals surface area (Å²) in [5, 5.41) is 0. The fourth-order valence-electron chi connectivity index (χ4n) is 2.64. The minimum Gasteiger partial charge on any atom is -0.497 e. The van der Waals surface area contributed by atoms with E-state index in [1.54, 1.807) is 55.5 Å². The van der Waals surface area contributed by atoms with E-state index in [0.29, 0.717) is 37.4 Å². The van der Waals surface area contributed by atoms with E-state index in [2.05, 4.69) is 0 Å². The number of methoxy groups -OCH3 is 2. The highest BCUT2D eigenvalue weighted by molar-refractivity contribution is 5.71. The molecule has 0 N–H and O–H groups in total. The molecule has 5 heteroatoms. The number of ether oxygens (including phenoxy) is 4. The van der Waals surface area contributed by atoms with Crippen LogP contribution < -0.4 is 14.2 Å². The van der Waals surface area contributed by atoms with Crippen molar-refractivity contribution in [2.24, 2.45) is 0 Å². The van der Waals surface area contributed by atoms with Gasteiger partial charge in [0.15, 0.2) is 0 Å². The number of hydrogen-bond acceptors (Lipinski definition) is 5. The smallest absolute Gasteiger partial charge is 0.305 e. The van der Waals surface area contributed by atoms with Crippen LogP contribution in [0.1, 0.15) is 52.0 Å². The molecule has 2 rings (SSSR count). The zero-order chi connectivity index (χ0) is 25.9. The van der Waals surface area contributed by atoms with E-state index in [9.17, 15) is 4.79 Å². The topological polar surface area (TPSA) is 54.0 Å². The van der Waals surface area contributed by atoms with Gasteiger partial charge in [-0.1, -0.05) is 24.3 Å². The van der Waals surface area contributed by atoms with Crippen LogP contribution in [0.3, 0.4) is 0 Å². The standard InChI is InChI=1S/C24H30O5/c1-4-28-24(25)8-6-5-7-15-29-23-17-20(16-22(18-23)27-3)10-9-19-11-13-21(26-2)14-12-19/h9-14,16-18H,4-8,15H2,1-3H3/b10-9+/i2D3,3D3. The molecule has 0 saturated carbocycles. The lowest BCUT2D eigenvalue weighted by Crippen LogP contribution is -2.04. The van der Waals surface area contributed by atoms with E-state index in [1.807, 2.05) is 0 Å². The van der Waals surface area contributed by atoms with Crippen molar-refractivity contribution in [3.05, 3.63) is 53.6 Å². The van der Waals surface area contributed by atoms with Crippen molar-refractivity contribution >= 4 is 18.1 Å². The molecule has 0 aliphatic heterocycles. The quantitative estimate of drug-likeness (QED) is 0.270. The lowest BCUT2D eigenvalue weighted by atomic mass is 10.1. The van der Waals surface area contributed by atoms with E-state index in [4.69, 9.17) is 27.2 Å². The molecule has 0 aromatic heterocycles. The third kappa shape index (κ3) is 8.30. The van der Waals surface area contributed by atoms with Crippen molar-refractivity contribution in [2.75, 3.05) is 27.3 Å². The van der Waals surface area contributed by atoms with Gasteiger partial charge in [-0.05, 0) is 61.6 Å². The first-order chi connectivity index (χ1) is 16.4. The molecule has 0 saturated heterocycles. The molecule has 0 atom stereocenters. The minimum absolute atomic E-state index is 0.144. The Morgan fingerprint density at radius 1 is 0.897 bits per heavy atom. The average Bonchev–Trinajstić information content (AvgIpc) is 2.73. The minimum atomic E-state index is -2.61. The zero-order valence-corrected chi connectivity index (χ0v) is 16.5. The SMILES string of the molecule is [2H]C([2H])([2H])Oc1ccc(/C=C/c2cc(OCCCCCC(=O)OCC)cc(OC([2H])([2H])[2H])c2)cc1. The molecule has 156 valence electrons. The summed E-state index contributed by atoms with van der Waals surface area (Å²) in [7, 11) is -5.12. The second-order valence-corrected chi connectivity index (χ2v) is 6.31. The second kappa shape index (κ2) is 12.5. The van der Waals surface area contributed by atoms with E-state index < -0.39 is 14.1 Å². The number of rotatable bonds is 12. The molecule has 0 aliphatic rings. The highest BCUT2D eigenvalue weighted by atomic mass is 16.5. The lowest BCUT2D eigenvalue weighted by Gasteiger charge is -2.09. The zero-order valence-electron chi connectivity index (χ0n) is 22.5. The van der Waals surface area contributed by atoms with Gasteiger partial charge >= 0.3 is 5.97 Å². The summed E-state index contributed by atoms with van der Waals surface area (Å²) in [5.41, 5.74) is 1.45. The third-order valence-corrected chi connectivity index (χ3v) is 4.09. The number of esters is 1. The van der Waals surface area contributed by atoms with Crippen LogP contribution in [0.5, 0.6) is 17.2 Å². The molecule has 2 aromatic rings. The molecule has 0 bridgehead atoms. The predicted octanol–water partition coefficient (Wildman–Crippen LogP) is 5.38. The van der Waals surface area contributed by atoms with E-state index in [1.165, 1.54) is 6.07 Å². The number of carbonyl (C=O) groups excluding carboxylic acids is 1. The Bertz CT molecular complexity index is 968. The number of unbranched alkanes of at least 4 members (excludes halogenated alkanes) is 2. The lowest BCUT2D eigenvalue weighted by molar-refractivity contribution is -0.143. The van der Waals surface area contributed by atoms with E-state index >= 15 is 0 Å². The summed E-state index contributed by atoms with van der Waals surface area (Å²) in [6.45, 7) is 2.54. The maximum atomic E-state index is 11.4. The Morgan fingerprint density at radius 2 is 1.62 bits per heavy atom. The van der Waals surface area contributed by atoms with Crippen LogP contribution in [0.15, 0.2) is 42.5 Å². The molecule has 0 radical (unpaired) electrons. The van der Waals surface area contributed by atoms with Crippen LogP contribution in [0.4, 0.5) is 0 Å². The van der Waals surface area contributed by atoms with Crippen LogP contribution in [-0.4, -0.2) is 33.3 Å². The average molecular weight is 405 g/mol. The van der Waals surface area contributed by atoms with Crippen molar-refractivity contribution in [1.29, 1.82) is 0 Å². The maximum absolute atomic E-state index is 11.4. The van der Waals surface area contributed by atoms with E-state index in [0.717, 1.165) is 18.4 Å². The van der Waals surface area contributed by atoms with Crippen LogP contribution in [0, 0.1) is 0 Å². The van der Waals surface area contributed by atoms with Crippen molar-refractivity contribution in [1.82, 2.24) is 0 Å². The van der Waals surface area contributed by atoms with Gasteiger partial charge in [0.25, 0.3) is 0 Å². The normalized spacial score (nSPS) is 14.7. The first-order valence-corrected chi connectivity index (χ1v) is 9.53. The Morgan fingerprint density at radius 3 is 2.38 bits per heavy atom.